The van der Waals surface area contributed by atoms with Gasteiger partial charge in [0.25, 0.3) is 0 Å². The van der Waals surface area contributed by atoms with Gasteiger partial charge in [-0.25, -0.2) is 0 Å². The molecular formula is C6H6ClN5. The molecule has 0 spiro atoms. The number of hydrogen-bond donors (Lipinski definition) is 1. The van der Waals surface area contributed by atoms with Gasteiger partial charge in [-0.3, -0.25) is 0 Å². The van der Waals surface area contributed by atoms with Crippen LogP contribution in [0.3, 0.4) is 0 Å². The summed E-state index contributed by atoms with van der Waals surface area (Å²) in [5, 5.41) is 14.8. The van der Waals surface area contributed by atoms with Gasteiger partial charge >= 0.3 is 0 Å². The summed E-state index contributed by atoms with van der Waals surface area (Å²) in [6.45, 7) is 0. The average molecular weight is 184 g/mol. The third-order valence-electron chi connectivity index (χ3n) is 1.51. The Bertz CT molecular complexity index is 409. The Hall–Kier alpha value is -1.36. The Balaban J connectivity index is 2.82. The zero-order valence-electron chi connectivity index (χ0n) is 6.32. The van der Waals surface area contributed by atoms with E-state index in [0.29, 0.717) is 11.1 Å². The van der Waals surface area contributed by atoms with E-state index in [9.17, 15) is 0 Å². The van der Waals surface area contributed by atoms with Crippen LogP contribution in [0.25, 0.3) is 5.52 Å². The first-order valence-electron chi connectivity index (χ1n) is 3.36. The Morgan fingerprint density at radius 1 is 1.50 bits per heavy atom. The molecule has 5 nitrogen and oxygen atoms in total. The fourth-order valence-electron chi connectivity index (χ4n) is 0.969. The predicted octanol–water partition coefficient (Wildman–Crippen LogP) is 0.819. The number of anilines is 1. The molecule has 0 unspecified atom stereocenters. The average Bonchev–Trinajstić information content (AvgIpc) is 2.54. The Morgan fingerprint density at radius 3 is 3.08 bits per heavy atom. The summed E-state index contributed by atoms with van der Waals surface area (Å²) in [6, 6.07) is 1.78. The van der Waals surface area contributed by atoms with Gasteiger partial charge in [0.05, 0.1) is 6.20 Å². The summed E-state index contributed by atoms with van der Waals surface area (Å²) < 4.78 is 1.59. The highest BCUT2D eigenvalue weighted by molar-refractivity contribution is 6.32. The molecule has 62 valence electrons. The minimum atomic E-state index is 0.353. The summed E-state index contributed by atoms with van der Waals surface area (Å²) >= 11 is 5.77. The number of rotatable bonds is 1. The maximum absolute atomic E-state index is 5.77. The van der Waals surface area contributed by atoms with E-state index >= 15 is 0 Å². The first-order valence-corrected chi connectivity index (χ1v) is 3.74. The molecule has 2 heterocycles. The highest BCUT2D eigenvalue weighted by Gasteiger charge is 2.05. The zero-order valence-corrected chi connectivity index (χ0v) is 7.08. The van der Waals surface area contributed by atoms with Crippen LogP contribution in [0.1, 0.15) is 0 Å². The van der Waals surface area contributed by atoms with Crippen LogP contribution in [0.15, 0.2) is 12.3 Å². The molecule has 0 amide bonds. The van der Waals surface area contributed by atoms with Crippen molar-refractivity contribution in [3.63, 3.8) is 0 Å². The summed E-state index contributed by atoms with van der Waals surface area (Å²) in [6.07, 6.45) is 1.64. The predicted molar refractivity (Wildman–Crippen MR) is 45.3 cm³/mol. The quantitative estimate of drug-likeness (QED) is 0.711. The third kappa shape index (κ3) is 0.902. The van der Waals surface area contributed by atoms with Crippen molar-refractivity contribution < 1.29 is 0 Å². The first kappa shape index (κ1) is 7.30. The summed E-state index contributed by atoms with van der Waals surface area (Å²) in [5.74, 6) is 0.569. The van der Waals surface area contributed by atoms with Crippen LogP contribution in [-0.2, 0) is 0 Å². The Labute approximate surface area is 73.4 Å². The number of nitrogens with zero attached hydrogens (tertiary/aromatic N) is 4. The molecule has 1 N–H and O–H groups in total. The summed E-state index contributed by atoms with van der Waals surface area (Å²) in [7, 11) is 1.75. The van der Waals surface area contributed by atoms with Gasteiger partial charge in [0.15, 0.2) is 5.15 Å². The van der Waals surface area contributed by atoms with Gasteiger partial charge in [-0.1, -0.05) is 11.6 Å². The van der Waals surface area contributed by atoms with Gasteiger partial charge in [-0.05, 0) is 6.07 Å². The van der Waals surface area contributed by atoms with Crippen LogP contribution in [0, 0.1) is 0 Å². The van der Waals surface area contributed by atoms with Crippen molar-refractivity contribution in [2.75, 3.05) is 12.4 Å². The van der Waals surface area contributed by atoms with Crippen molar-refractivity contribution in [1.29, 1.82) is 0 Å². The lowest BCUT2D eigenvalue weighted by Gasteiger charge is -2.00. The van der Waals surface area contributed by atoms with Crippen LogP contribution in [0.2, 0.25) is 5.15 Å². The minimum Gasteiger partial charge on any atom is -0.356 e. The lowest BCUT2D eigenvalue weighted by molar-refractivity contribution is 0.873. The fraction of sp³-hybridized carbons (Fsp3) is 0.167. The minimum absolute atomic E-state index is 0.353. The van der Waals surface area contributed by atoms with Crippen molar-refractivity contribution in [1.82, 2.24) is 19.8 Å². The van der Waals surface area contributed by atoms with E-state index in [-0.39, 0.29) is 0 Å². The highest BCUT2D eigenvalue weighted by Crippen LogP contribution is 2.14. The van der Waals surface area contributed by atoms with Crippen molar-refractivity contribution in [3.8, 4) is 0 Å². The maximum atomic E-state index is 5.77. The molecule has 0 saturated heterocycles. The molecule has 2 rings (SSSR count). The van der Waals surface area contributed by atoms with Crippen LogP contribution in [0.5, 0.6) is 0 Å². The standard InChI is InChI=1S/C6H6ClN5/c1-8-6-11-10-5(7)4-2-3-9-12(4)6/h2-3H,1H3,(H,8,11). The van der Waals surface area contributed by atoms with Crippen molar-refractivity contribution in [3.05, 3.63) is 17.4 Å². The van der Waals surface area contributed by atoms with E-state index in [1.807, 2.05) is 0 Å². The number of hydrogen-bond acceptors (Lipinski definition) is 4. The van der Waals surface area contributed by atoms with Gasteiger partial charge < -0.3 is 5.32 Å². The first-order chi connectivity index (χ1) is 5.83. The number of halogens is 1. The molecule has 2 aromatic heterocycles. The summed E-state index contributed by atoms with van der Waals surface area (Å²) in [4.78, 5) is 0. The lowest BCUT2D eigenvalue weighted by Crippen LogP contribution is -2.04. The van der Waals surface area contributed by atoms with E-state index in [4.69, 9.17) is 11.6 Å². The van der Waals surface area contributed by atoms with E-state index in [1.165, 1.54) is 0 Å². The zero-order chi connectivity index (χ0) is 8.55. The molecular weight excluding hydrogens is 178 g/mol. The second-order valence-electron chi connectivity index (χ2n) is 2.19. The topological polar surface area (TPSA) is 55.1 Å². The normalized spacial score (nSPS) is 10.5. The fourth-order valence-corrected chi connectivity index (χ4v) is 1.15. The van der Waals surface area contributed by atoms with E-state index in [1.54, 1.807) is 23.8 Å². The lowest BCUT2D eigenvalue weighted by atomic mass is 10.5. The number of fused-ring (bicyclic) bond motifs is 1. The molecule has 0 aliphatic carbocycles. The van der Waals surface area contributed by atoms with Crippen LogP contribution >= 0.6 is 11.6 Å². The Morgan fingerprint density at radius 2 is 2.33 bits per heavy atom. The number of aromatic nitrogens is 4. The van der Waals surface area contributed by atoms with Crippen molar-refractivity contribution in [2.24, 2.45) is 0 Å². The molecule has 0 radical (unpaired) electrons. The van der Waals surface area contributed by atoms with Crippen molar-refractivity contribution in [2.45, 2.75) is 0 Å². The molecule has 0 bridgehead atoms. The highest BCUT2D eigenvalue weighted by atomic mass is 35.5. The van der Waals surface area contributed by atoms with Crippen LogP contribution in [-0.4, -0.2) is 26.9 Å². The second kappa shape index (κ2) is 2.60. The largest absolute Gasteiger partial charge is 0.356 e. The molecule has 6 heteroatoms. The smallest absolute Gasteiger partial charge is 0.244 e. The molecule has 12 heavy (non-hydrogen) atoms. The summed E-state index contributed by atoms with van der Waals surface area (Å²) in [5.41, 5.74) is 0.746. The molecule has 0 atom stereocenters. The molecule has 2 aromatic rings. The van der Waals surface area contributed by atoms with Crippen LogP contribution < -0.4 is 5.32 Å². The van der Waals surface area contributed by atoms with Gasteiger partial charge in [-0.2, -0.15) is 9.61 Å². The van der Waals surface area contributed by atoms with Gasteiger partial charge in [0.2, 0.25) is 5.95 Å². The maximum Gasteiger partial charge on any atom is 0.244 e. The SMILES string of the molecule is CNc1nnc(Cl)c2ccnn12. The third-order valence-corrected chi connectivity index (χ3v) is 1.78. The van der Waals surface area contributed by atoms with E-state index < -0.39 is 0 Å². The molecule has 0 saturated carbocycles. The van der Waals surface area contributed by atoms with Crippen LogP contribution in [0.4, 0.5) is 5.95 Å². The van der Waals surface area contributed by atoms with Gasteiger partial charge in [0.1, 0.15) is 5.52 Å². The molecule has 0 aliphatic heterocycles. The second-order valence-corrected chi connectivity index (χ2v) is 2.55. The van der Waals surface area contributed by atoms with Crippen molar-refractivity contribution >= 4 is 23.1 Å². The van der Waals surface area contributed by atoms with Gasteiger partial charge in [0, 0.05) is 7.05 Å². The monoisotopic (exact) mass is 183 g/mol. The van der Waals surface area contributed by atoms with E-state index in [2.05, 4.69) is 20.6 Å². The van der Waals surface area contributed by atoms with E-state index in [0.717, 1.165) is 5.52 Å². The molecule has 0 fully saturated rings. The number of nitrogens with one attached hydrogen (secondary N) is 1. The van der Waals surface area contributed by atoms with Gasteiger partial charge in [-0.15, -0.1) is 10.2 Å². The molecule has 0 aromatic carbocycles. The molecule has 0 aliphatic rings. The Kier molecular flexibility index (Phi) is 1.58.